The van der Waals surface area contributed by atoms with Crippen molar-refractivity contribution >= 4 is 11.1 Å². The maximum absolute atomic E-state index is 12.9. The van der Waals surface area contributed by atoms with E-state index in [1.54, 1.807) is 47.1 Å². The van der Waals surface area contributed by atoms with Crippen LogP contribution in [0.15, 0.2) is 31.9 Å². The first kappa shape index (κ1) is 18.7. The van der Waals surface area contributed by atoms with E-state index in [1.165, 1.54) is 4.57 Å². The normalized spacial score (nSPS) is 11.2. The van der Waals surface area contributed by atoms with Crippen LogP contribution in [0.3, 0.4) is 0 Å². The third kappa shape index (κ3) is 3.14. The van der Waals surface area contributed by atoms with Crippen LogP contribution in [-0.2, 0) is 6.54 Å². The van der Waals surface area contributed by atoms with Crippen molar-refractivity contribution < 1.29 is 18.4 Å². The summed E-state index contributed by atoms with van der Waals surface area (Å²) in [5.41, 5.74) is 1.83. The maximum atomic E-state index is 12.9. The lowest BCUT2D eigenvalue weighted by Crippen LogP contribution is -2.24. The SMILES string of the molecule is COc1ccc(-c2nc(Cn3c(C)nc4onc(C)c4c3=O)c(C)o2)c(OC)c1. The minimum absolute atomic E-state index is 0.214. The highest BCUT2D eigenvalue weighted by atomic mass is 16.5. The van der Waals surface area contributed by atoms with Gasteiger partial charge in [0.2, 0.25) is 5.89 Å². The van der Waals surface area contributed by atoms with Gasteiger partial charge in [0.25, 0.3) is 11.3 Å². The second-order valence-electron chi connectivity index (χ2n) is 6.59. The Morgan fingerprint density at radius 2 is 1.90 bits per heavy atom. The smallest absolute Gasteiger partial charge is 0.267 e. The minimum atomic E-state index is -0.225. The Balaban J connectivity index is 1.76. The molecule has 1 aromatic carbocycles. The Bertz CT molecular complexity index is 1270. The first-order valence-corrected chi connectivity index (χ1v) is 8.95. The first-order chi connectivity index (χ1) is 13.9. The van der Waals surface area contributed by atoms with E-state index in [0.717, 1.165) is 0 Å². The van der Waals surface area contributed by atoms with Crippen molar-refractivity contribution in [3.05, 3.63) is 51.5 Å². The zero-order valence-corrected chi connectivity index (χ0v) is 16.8. The molecular weight excluding hydrogens is 376 g/mol. The number of oxazole rings is 1. The summed E-state index contributed by atoms with van der Waals surface area (Å²) in [5, 5.41) is 4.20. The van der Waals surface area contributed by atoms with Gasteiger partial charge in [-0.25, -0.2) is 4.98 Å². The van der Waals surface area contributed by atoms with Crippen LogP contribution in [0.5, 0.6) is 11.5 Å². The molecule has 3 heterocycles. The Kier molecular flexibility index (Phi) is 4.57. The van der Waals surface area contributed by atoms with Crippen molar-refractivity contribution in [3.8, 4) is 23.0 Å². The van der Waals surface area contributed by atoms with Gasteiger partial charge in [0.1, 0.15) is 34.2 Å². The molecule has 0 fully saturated rings. The van der Waals surface area contributed by atoms with Crippen LogP contribution < -0.4 is 15.0 Å². The number of methoxy groups -OCH3 is 2. The van der Waals surface area contributed by atoms with Crippen molar-refractivity contribution in [1.29, 1.82) is 0 Å². The topological polar surface area (TPSA) is 105 Å². The minimum Gasteiger partial charge on any atom is -0.497 e. The molecule has 3 aromatic heterocycles. The monoisotopic (exact) mass is 396 g/mol. The zero-order chi connectivity index (χ0) is 20.7. The first-order valence-electron chi connectivity index (χ1n) is 8.95. The number of fused-ring (bicyclic) bond motifs is 1. The quantitative estimate of drug-likeness (QED) is 0.507. The number of aromatic nitrogens is 4. The lowest BCUT2D eigenvalue weighted by molar-refractivity contribution is 0.394. The summed E-state index contributed by atoms with van der Waals surface area (Å²) in [6, 6.07) is 5.38. The molecule has 0 spiro atoms. The number of benzene rings is 1. The van der Waals surface area contributed by atoms with Gasteiger partial charge in [0, 0.05) is 6.07 Å². The zero-order valence-electron chi connectivity index (χ0n) is 16.8. The Labute approximate surface area is 165 Å². The third-order valence-corrected chi connectivity index (χ3v) is 4.80. The van der Waals surface area contributed by atoms with Gasteiger partial charge in [-0.3, -0.25) is 9.36 Å². The van der Waals surface area contributed by atoms with Gasteiger partial charge >= 0.3 is 0 Å². The molecule has 9 heteroatoms. The molecule has 29 heavy (non-hydrogen) atoms. The van der Waals surface area contributed by atoms with Crippen LogP contribution in [0, 0.1) is 20.8 Å². The fraction of sp³-hybridized carbons (Fsp3) is 0.300. The van der Waals surface area contributed by atoms with E-state index in [-0.39, 0.29) is 17.8 Å². The Morgan fingerprint density at radius 3 is 2.62 bits per heavy atom. The van der Waals surface area contributed by atoms with Gasteiger partial charge < -0.3 is 18.4 Å². The molecule has 0 radical (unpaired) electrons. The van der Waals surface area contributed by atoms with Crippen LogP contribution in [-0.4, -0.2) is 33.9 Å². The summed E-state index contributed by atoms with van der Waals surface area (Å²) in [4.78, 5) is 21.9. The van der Waals surface area contributed by atoms with Crippen LogP contribution in [0.2, 0.25) is 0 Å². The average molecular weight is 396 g/mol. The summed E-state index contributed by atoms with van der Waals surface area (Å²) in [5.74, 6) is 2.75. The van der Waals surface area contributed by atoms with Gasteiger partial charge in [-0.1, -0.05) is 5.16 Å². The number of aryl methyl sites for hydroxylation is 3. The van der Waals surface area contributed by atoms with Gasteiger partial charge in [-0.2, -0.15) is 4.98 Å². The van der Waals surface area contributed by atoms with Gasteiger partial charge in [-0.15, -0.1) is 0 Å². The third-order valence-electron chi connectivity index (χ3n) is 4.80. The Hall–Kier alpha value is -3.62. The fourth-order valence-corrected chi connectivity index (χ4v) is 3.17. The van der Waals surface area contributed by atoms with E-state index in [9.17, 15) is 4.79 Å². The number of hydrogen-bond donors (Lipinski definition) is 0. The number of ether oxygens (including phenoxy) is 2. The molecule has 0 aliphatic carbocycles. The molecule has 0 saturated carbocycles. The summed E-state index contributed by atoms with van der Waals surface area (Å²) in [7, 11) is 3.16. The highest BCUT2D eigenvalue weighted by Crippen LogP contribution is 2.33. The van der Waals surface area contributed by atoms with E-state index >= 15 is 0 Å². The summed E-state index contributed by atoms with van der Waals surface area (Å²) in [6.45, 7) is 5.47. The van der Waals surface area contributed by atoms with Crippen molar-refractivity contribution in [3.63, 3.8) is 0 Å². The van der Waals surface area contributed by atoms with E-state index in [4.69, 9.17) is 18.4 Å². The van der Waals surface area contributed by atoms with E-state index < -0.39 is 0 Å². The fourth-order valence-electron chi connectivity index (χ4n) is 3.17. The van der Waals surface area contributed by atoms with Crippen LogP contribution in [0.4, 0.5) is 0 Å². The van der Waals surface area contributed by atoms with E-state index in [0.29, 0.717) is 51.3 Å². The number of rotatable bonds is 5. The van der Waals surface area contributed by atoms with Crippen LogP contribution >= 0.6 is 0 Å². The number of hydrogen-bond acceptors (Lipinski definition) is 8. The highest BCUT2D eigenvalue weighted by Gasteiger charge is 2.20. The largest absolute Gasteiger partial charge is 0.497 e. The molecule has 0 N–H and O–H groups in total. The molecule has 9 nitrogen and oxygen atoms in total. The summed E-state index contributed by atoms with van der Waals surface area (Å²) in [6.07, 6.45) is 0. The average Bonchev–Trinajstić information content (AvgIpc) is 3.26. The predicted octanol–water partition coefficient (Wildman–Crippen LogP) is 3.03. The standard InChI is InChI=1S/C20H20N4O5/c1-10-17-19(29-23-10)21-12(3)24(20(17)25)9-15-11(2)28-18(22-15)14-7-6-13(26-4)8-16(14)27-5/h6-8H,9H2,1-5H3. The van der Waals surface area contributed by atoms with Gasteiger partial charge in [-0.05, 0) is 32.9 Å². The molecule has 0 saturated heterocycles. The molecule has 4 rings (SSSR count). The van der Waals surface area contributed by atoms with Crippen molar-refractivity contribution in [1.82, 2.24) is 19.7 Å². The lowest BCUT2D eigenvalue weighted by atomic mass is 10.2. The van der Waals surface area contributed by atoms with Crippen LogP contribution in [0.25, 0.3) is 22.6 Å². The summed E-state index contributed by atoms with van der Waals surface area (Å²) >= 11 is 0. The van der Waals surface area contributed by atoms with Crippen molar-refractivity contribution in [2.24, 2.45) is 0 Å². The molecule has 150 valence electrons. The second kappa shape index (κ2) is 7.08. The lowest BCUT2D eigenvalue weighted by Gasteiger charge is -2.08. The molecule has 0 aliphatic heterocycles. The van der Waals surface area contributed by atoms with Gasteiger partial charge in [0.15, 0.2) is 0 Å². The highest BCUT2D eigenvalue weighted by molar-refractivity contribution is 5.74. The van der Waals surface area contributed by atoms with Crippen LogP contribution in [0.1, 0.15) is 23.0 Å². The van der Waals surface area contributed by atoms with E-state index in [2.05, 4.69) is 15.1 Å². The molecule has 0 bridgehead atoms. The van der Waals surface area contributed by atoms with Crippen molar-refractivity contribution in [2.45, 2.75) is 27.3 Å². The second-order valence-corrected chi connectivity index (χ2v) is 6.59. The molecule has 0 unspecified atom stereocenters. The maximum Gasteiger partial charge on any atom is 0.267 e. The molecule has 0 amide bonds. The molecule has 0 atom stereocenters. The van der Waals surface area contributed by atoms with Gasteiger partial charge in [0.05, 0.1) is 32.0 Å². The summed E-state index contributed by atoms with van der Waals surface area (Å²) < 4.78 is 23.2. The number of nitrogens with zero attached hydrogens (tertiary/aromatic N) is 4. The van der Waals surface area contributed by atoms with Crippen molar-refractivity contribution in [2.75, 3.05) is 14.2 Å². The molecule has 0 aliphatic rings. The predicted molar refractivity (Wildman–Crippen MR) is 104 cm³/mol. The Morgan fingerprint density at radius 1 is 1.10 bits per heavy atom. The molecular formula is C20H20N4O5. The van der Waals surface area contributed by atoms with E-state index in [1.807, 2.05) is 6.07 Å². The molecule has 4 aromatic rings.